The quantitative estimate of drug-likeness (QED) is 0.720. The molecule has 126 valence electrons. The van der Waals surface area contributed by atoms with E-state index < -0.39 is 5.60 Å². The SMILES string of the molecule is CC(C)(C)OC(=O)N1CCC[C@H]1C1OCCc2cc(Br)ccc21. The number of carbonyl (C=O) groups excluding carboxylic acids is 1. The van der Waals surface area contributed by atoms with Crippen molar-refractivity contribution in [3.63, 3.8) is 0 Å². The second-order valence-corrected chi connectivity index (χ2v) is 8.18. The highest BCUT2D eigenvalue weighted by Gasteiger charge is 2.40. The predicted octanol–water partition coefficient (Wildman–Crippen LogP) is 4.46. The summed E-state index contributed by atoms with van der Waals surface area (Å²) in [5, 5.41) is 0. The van der Waals surface area contributed by atoms with Gasteiger partial charge >= 0.3 is 6.09 Å². The summed E-state index contributed by atoms with van der Waals surface area (Å²) in [6, 6.07) is 6.39. The third-order valence-electron chi connectivity index (χ3n) is 4.36. The summed E-state index contributed by atoms with van der Waals surface area (Å²) in [6.07, 6.45) is 2.59. The summed E-state index contributed by atoms with van der Waals surface area (Å²) in [7, 11) is 0. The lowest BCUT2D eigenvalue weighted by molar-refractivity contribution is -0.0265. The van der Waals surface area contributed by atoms with E-state index in [-0.39, 0.29) is 18.2 Å². The first-order valence-corrected chi connectivity index (χ1v) is 9.04. The van der Waals surface area contributed by atoms with Crippen LogP contribution in [0, 0.1) is 0 Å². The summed E-state index contributed by atoms with van der Waals surface area (Å²) in [5.74, 6) is 0. The standard InChI is InChI=1S/C18H24BrNO3/c1-18(2,3)23-17(21)20-9-4-5-15(20)16-14-7-6-13(19)11-12(14)8-10-22-16/h6-7,11,15-16H,4-5,8-10H2,1-3H3/t15-,16?/m0/s1. The molecule has 0 N–H and O–H groups in total. The minimum Gasteiger partial charge on any atom is -0.444 e. The fourth-order valence-electron chi connectivity index (χ4n) is 3.43. The van der Waals surface area contributed by atoms with Crippen molar-refractivity contribution in [1.82, 2.24) is 4.90 Å². The van der Waals surface area contributed by atoms with E-state index in [1.165, 1.54) is 11.1 Å². The second kappa shape index (κ2) is 6.44. The van der Waals surface area contributed by atoms with E-state index in [4.69, 9.17) is 9.47 Å². The number of rotatable bonds is 1. The lowest BCUT2D eigenvalue weighted by atomic mass is 9.92. The summed E-state index contributed by atoms with van der Waals surface area (Å²) < 4.78 is 12.7. The molecule has 4 nitrogen and oxygen atoms in total. The number of benzene rings is 1. The highest BCUT2D eigenvalue weighted by atomic mass is 79.9. The minimum absolute atomic E-state index is 0.0538. The first-order valence-electron chi connectivity index (χ1n) is 8.25. The van der Waals surface area contributed by atoms with Gasteiger partial charge in [0.25, 0.3) is 0 Å². The van der Waals surface area contributed by atoms with Crippen LogP contribution < -0.4 is 0 Å². The Morgan fingerprint density at radius 3 is 2.91 bits per heavy atom. The lowest BCUT2D eigenvalue weighted by Crippen LogP contribution is -2.43. The van der Waals surface area contributed by atoms with Gasteiger partial charge < -0.3 is 14.4 Å². The van der Waals surface area contributed by atoms with Crippen LogP contribution in [0.3, 0.4) is 0 Å². The van der Waals surface area contributed by atoms with Crippen LogP contribution in [-0.4, -0.2) is 35.8 Å². The Kier molecular flexibility index (Phi) is 4.70. The molecule has 1 unspecified atom stereocenters. The molecule has 0 radical (unpaired) electrons. The van der Waals surface area contributed by atoms with Gasteiger partial charge in [0.15, 0.2) is 0 Å². The largest absolute Gasteiger partial charge is 0.444 e. The average molecular weight is 382 g/mol. The lowest BCUT2D eigenvalue weighted by Gasteiger charge is -2.36. The monoisotopic (exact) mass is 381 g/mol. The Bertz CT molecular complexity index is 596. The molecule has 0 bridgehead atoms. The summed E-state index contributed by atoms with van der Waals surface area (Å²) >= 11 is 3.54. The van der Waals surface area contributed by atoms with Gasteiger partial charge in [0.2, 0.25) is 0 Å². The van der Waals surface area contributed by atoms with Gasteiger partial charge in [-0.1, -0.05) is 22.0 Å². The molecule has 0 aliphatic carbocycles. The Labute approximate surface area is 146 Å². The molecule has 5 heteroatoms. The fourth-order valence-corrected chi connectivity index (χ4v) is 3.84. The van der Waals surface area contributed by atoms with Crippen molar-refractivity contribution in [2.24, 2.45) is 0 Å². The van der Waals surface area contributed by atoms with Crippen LogP contribution in [0.4, 0.5) is 4.79 Å². The second-order valence-electron chi connectivity index (χ2n) is 7.27. The molecule has 1 fully saturated rings. The van der Waals surface area contributed by atoms with Gasteiger partial charge in [0.1, 0.15) is 11.7 Å². The molecule has 2 heterocycles. The van der Waals surface area contributed by atoms with Crippen molar-refractivity contribution in [2.75, 3.05) is 13.2 Å². The van der Waals surface area contributed by atoms with Crippen LogP contribution in [0.1, 0.15) is 50.8 Å². The maximum absolute atomic E-state index is 12.5. The van der Waals surface area contributed by atoms with Crippen LogP contribution in [0.2, 0.25) is 0 Å². The van der Waals surface area contributed by atoms with Gasteiger partial charge in [-0.05, 0) is 63.3 Å². The molecular formula is C18H24BrNO3. The zero-order valence-corrected chi connectivity index (χ0v) is 15.6. The number of halogens is 1. The average Bonchev–Trinajstić information content (AvgIpc) is 2.93. The van der Waals surface area contributed by atoms with E-state index in [2.05, 4.69) is 28.1 Å². The molecule has 1 aromatic rings. The summed E-state index contributed by atoms with van der Waals surface area (Å²) in [5.41, 5.74) is 2.05. The molecule has 0 spiro atoms. The minimum atomic E-state index is -0.472. The first kappa shape index (κ1) is 16.8. The first-order chi connectivity index (χ1) is 10.8. The zero-order chi connectivity index (χ0) is 16.6. The number of hydrogen-bond acceptors (Lipinski definition) is 3. The number of fused-ring (bicyclic) bond motifs is 1. The smallest absolute Gasteiger partial charge is 0.410 e. The van der Waals surface area contributed by atoms with Crippen LogP contribution in [-0.2, 0) is 15.9 Å². The van der Waals surface area contributed by atoms with E-state index >= 15 is 0 Å². The Morgan fingerprint density at radius 2 is 2.17 bits per heavy atom. The molecule has 0 saturated carbocycles. The molecule has 2 aliphatic heterocycles. The van der Waals surface area contributed by atoms with Crippen LogP contribution >= 0.6 is 15.9 Å². The van der Waals surface area contributed by atoms with Crippen molar-refractivity contribution in [3.8, 4) is 0 Å². The molecule has 2 atom stereocenters. The predicted molar refractivity (Wildman–Crippen MR) is 92.5 cm³/mol. The van der Waals surface area contributed by atoms with E-state index in [0.29, 0.717) is 6.61 Å². The van der Waals surface area contributed by atoms with Crippen LogP contribution in [0.15, 0.2) is 22.7 Å². The Morgan fingerprint density at radius 1 is 1.39 bits per heavy atom. The number of hydrogen-bond donors (Lipinski definition) is 0. The molecule has 1 saturated heterocycles. The Hall–Kier alpha value is -1.07. The van der Waals surface area contributed by atoms with Gasteiger partial charge in [0.05, 0.1) is 12.6 Å². The molecule has 1 aromatic carbocycles. The highest BCUT2D eigenvalue weighted by Crippen LogP contribution is 2.38. The topological polar surface area (TPSA) is 38.8 Å². The number of amides is 1. The molecule has 3 rings (SSSR count). The van der Waals surface area contributed by atoms with Crippen LogP contribution in [0.5, 0.6) is 0 Å². The van der Waals surface area contributed by atoms with E-state index in [9.17, 15) is 4.79 Å². The zero-order valence-electron chi connectivity index (χ0n) is 14.0. The number of nitrogens with zero attached hydrogens (tertiary/aromatic N) is 1. The number of ether oxygens (including phenoxy) is 2. The van der Waals surface area contributed by atoms with Crippen LogP contribution in [0.25, 0.3) is 0 Å². The summed E-state index contributed by atoms with van der Waals surface area (Å²) in [6.45, 7) is 7.15. The Balaban J connectivity index is 1.83. The molecular weight excluding hydrogens is 358 g/mol. The van der Waals surface area contributed by atoms with Crippen molar-refractivity contribution in [3.05, 3.63) is 33.8 Å². The maximum atomic E-state index is 12.5. The third-order valence-corrected chi connectivity index (χ3v) is 4.85. The van der Waals surface area contributed by atoms with Crippen molar-refractivity contribution >= 4 is 22.0 Å². The van der Waals surface area contributed by atoms with Crippen molar-refractivity contribution in [2.45, 2.75) is 57.8 Å². The normalized spacial score (nSPS) is 24.4. The fraction of sp³-hybridized carbons (Fsp3) is 0.611. The van der Waals surface area contributed by atoms with Gasteiger partial charge in [-0.25, -0.2) is 4.79 Å². The third kappa shape index (κ3) is 3.72. The number of carbonyl (C=O) groups is 1. The van der Waals surface area contributed by atoms with Gasteiger partial charge in [-0.15, -0.1) is 0 Å². The van der Waals surface area contributed by atoms with E-state index in [1.54, 1.807) is 0 Å². The molecule has 2 aliphatic rings. The number of likely N-dealkylation sites (tertiary alicyclic amines) is 1. The van der Waals surface area contributed by atoms with E-state index in [0.717, 1.165) is 30.3 Å². The van der Waals surface area contributed by atoms with Crippen molar-refractivity contribution < 1.29 is 14.3 Å². The molecule has 23 heavy (non-hydrogen) atoms. The van der Waals surface area contributed by atoms with Gasteiger partial charge in [-0.2, -0.15) is 0 Å². The molecule has 0 aromatic heterocycles. The molecule has 1 amide bonds. The van der Waals surface area contributed by atoms with E-state index in [1.807, 2.05) is 31.7 Å². The maximum Gasteiger partial charge on any atom is 0.410 e. The highest BCUT2D eigenvalue weighted by molar-refractivity contribution is 9.10. The van der Waals surface area contributed by atoms with Crippen molar-refractivity contribution in [1.29, 1.82) is 0 Å². The summed E-state index contributed by atoms with van der Waals surface area (Å²) in [4.78, 5) is 14.4. The van der Waals surface area contributed by atoms with Gasteiger partial charge in [0, 0.05) is 11.0 Å². The van der Waals surface area contributed by atoms with Gasteiger partial charge in [-0.3, -0.25) is 0 Å².